The van der Waals surface area contributed by atoms with Crippen LogP contribution in [0.2, 0.25) is 0 Å². The molecule has 1 aliphatic heterocycles. The van der Waals surface area contributed by atoms with Crippen molar-refractivity contribution < 1.29 is 9.53 Å². The normalized spacial score (nSPS) is 27.8. The highest BCUT2D eigenvalue weighted by molar-refractivity contribution is 5.77. The summed E-state index contributed by atoms with van der Waals surface area (Å²) in [6.07, 6.45) is 5.97. The van der Waals surface area contributed by atoms with Gasteiger partial charge in [-0.1, -0.05) is 27.7 Å². The average molecular weight is 398 g/mol. The summed E-state index contributed by atoms with van der Waals surface area (Å²) in [6.45, 7) is 15.5. The first-order chi connectivity index (χ1) is 13.5. The summed E-state index contributed by atoms with van der Waals surface area (Å²) in [5.41, 5.74) is 4.67. The fourth-order valence-electron chi connectivity index (χ4n) is 5.39. The second kappa shape index (κ2) is 6.75. The highest BCUT2D eigenvalue weighted by Crippen LogP contribution is 2.47. The van der Waals surface area contributed by atoms with Crippen molar-refractivity contribution in [1.29, 1.82) is 0 Å². The molecule has 1 amide bonds. The second-order valence-corrected chi connectivity index (χ2v) is 11.1. The maximum absolute atomic E-state index is 12.6. The number of benzene rings is 1. The Morgan fingerprint density at radius 2 is 1.90 bits per heavy atom. The molecule has 5 heteroatoms. The molecule has 4 rings (SSSR count). The molecule has 2 unspecified atom stereocenters. The predicted octanol–water partition coefficient (Wildman–Crippen LogP) is 5.47. The predicted molar refractivity (Wildman–Crippen MR) is 116 cm³/mol. The molecule has 158 valence electrons. The van der Waals surface area contributed by atoms with Gasteiger partial charge in [-0.3, -0.25) is 0 Å². The first-order valence-electron chi connectivity index (χ1n) is 10.9. The van der Waals surface area contributed by atoms with Crippen LogP contribution in [0.25, 0.3) is 11.0 Å². The molecular formula is C24H35N3O2. The number of hydrogen-bond donors (Lipinski definition) is 0. The fourth-order valence-corrected chi connectivity index (χ4v) is 5.39. The van der Waals surface area contributed by atoms with Crippen molar-refractivity contribution in [3.05, 3.63) is 29.6 Å². The molecule has 1 saturated heterocycles. The fraction of sp³-hybridized carbons (Fsp3) is 0.667. The Morgan fingerprint density at radius 1 is 1.17 bits per heavy atom. The smallest absolute Gasteiger partial charge is 0.410 e. The molecular weight excluding hydrogens is 362 g/mol. The minimum absolute atomic E-state index is 0.0776. The molecule has 1 aliphatic carbocycles. The third-order valence-electron chi connectivity index (χ3n) is 6.66. The Balaban J connectivity index is 1.55. The number of fused-ring (bicyclic) bond motifs is 1. The van der Waals surface area contributed by atoms with E-state index < -0.39 is 0 Å². The van der Waals surface area contributed by atoms with E-state index in [9.17, 15) is 4.79 Å². The van der Waals surface area contributed by atoms with E-state index in [0.717, 1.165) is 50.8 Å². The molecule has 2 fully saturated rings. The van der Waals surface area contributed by atoms with Gasteiger partial charge in [0.2, 0.25) is 0 Å². The van der Waals surface area contributed by atoms with E-state index in [1.165, 1.54) is 16.6 Å². The van der Waals surface area contributed by atoms with Gasteiger partial charge in [0.25, 0.3) is 0 Å². The van der Waals surface area contributed by atoms with E-state index in [2.05, 4.69) is 63.2 Å². The Morgan fingerprint density at radius 3 is 2.62 bits per heavy atom. The van der Waals surface area contributed by atoms with Gasteiger partial charge in [0, 0.05) is 13.1 Å². The molecule has 2 atom stereocenters. The van der Waals surface area contributed by atoms with Gasteiger partial charge in [-0.15, -0.1) is 0 Å². The summed E-state index contributed by atoms with van der Waals surface area (Å²) < 4.78 is 8.34. The zero-order valence-electron chi connectivity index (χ0n) is 18.8. The number of imidazole rings is 1. The number of carbonyl (C=O) groups excluding carboxylic acids is 1. The highest BCUT2D eigenvalue weighted by Gasteiger charge is 2.51. The van der Waals surface area contributed by atoms with Crippen molar-refractivity contribution in [2.45, 2.75) is 79.4 Å². The van der Waals surface area contributed by atoms with Crippen LogP contribution >= 0.6 is 0 Å². The number of hydrogen-bond acceptors (Lipinski definition) is 3. The van der Waals surface area contributed by atoms with Crippen LogP contribution in [0.3, 0.4) is 0 Å². The standard InChI is InChI=1S/C24H35N3O2/c1-17-10-19-20(11-18(17)2)27(16-25-19)14-23(6)8-7-9-24(12-23)15-26(21(28)29-24)13-22(3,4)5/h10-11,16H,7-9,12-15H2,1-6H3. The molecule has 0 bridgehead atoms. The molecule has 0 radical (unpaired) electrons. The molecule has 5 nitrogen and oxygen atoms in total. The average Bonchev–Trinajstić information content (AvgIpc) is 3.07. The van der Waals surface area contributed by atoms with Crippen molar-refractivity contribution in [2.24, 2.45) is 10.8 Å². The van der Waals surface area contributed by atoms with Crippen LogP contribution in [0.5, 0.6) is 0 Å². The van der Waals surface area contributed by atoms with Crippen molar-refractivity contribution in [1.82, 2.24) is 14.5 Å². The lowest BCUT2D eigenvalue weighted by atomic mass is 9.68. The summed E-state index contributed by atoms with van der Waals surface area (Å²) in [5, 5.41) is 0. The molecule has 1 saturated carbocycles. The zero-order valence-corrected chi connectivity index (χ0v) is 18.8. The van der Waals surface area contributed by atoms with Crippen LogP contribution < -0.4 is 0 Å². The van der Waals surface area contributed by atoms with Crippen LogP contribution in [-0.2, 0) is 11.3 Å². The SMILES string of the molecule is Cc1cc2ncn(CC3(C)CCCC4(CN(CC(C)(C)C)C(=O)O4)C3)c2cc1C. The van der Waals surface area contributed by atoms with Gasteiger partial charge in [0.15, 0.2) is 0 Å². The van der Waals surface area contributed by atoms with E-state index in [-0.39, 0.29) is 22.5 Å². The largest absolute Gasteiger partial charge is 0.441 e. The van der Waals surface area contributed by atoms with E-state index in [1.807, 2.05) is 11.2 Å². The molecule has 2 heterocycles. The number of rotatable bonds is 3. The van der Waals surface area contributed by atoms with E-state index in [1.54, 1.807) is 0 Å². The Labute approximate surface area is 174 Å². The summed E-state index contributed by atoms with van der Waals surface area (Å²) in [6, 6.07) is 4.43. The maximum Gasteiger partial charge on any atom is 0.410 e. The minimum Gasteiger partial charge on any atom is -0.441 e. The molecule has 2 aromatic rings. The second-order valence-electron chi connectivity index (χ2n) is 11.1. The van der Waals surface area contributed by atoms with Gasteiger partial charge >= 0.3 is 6.09 Å². The number of aryl methyl sites for hydroxylation is 2. The van der Waals surface area contributed by atoms with Gasteiger partial charge < -0.3 is 14.2 Å². The summed E-state index contributed by atoms with van der Waals surface area (Å²) in [7, 11) is 0. The van der Waals surface area contributed by atoms with Crippen molar-refractivity contribution in [3.63, 3.8) is 0 Å². The highest BCUT2D eigenvalue weighted by atomic mass is 16.6. The van der Waals surface area contributed by atoms with Crippen LogP contribution in [0.15, 0.2) is 18.5 Å². The topological polar surface area (TPSA) is 47.4 Å². The molecule has 1 spiro atoms. The lowest BCUT2D eigenvalue weighted by Gasteiger charge is -2.43. The molecule has 1 aromatic heterocycles. The zero-order chi connectivity index (χ0) is 21.0. The lowest BCUT2D eigenvalue weighted by molar-refractivity contribution is -0.0270. The Bertz CT molecular complexity index is 941. The monoisotopic (exact) mass is 397 g/mol. The van der Waals surface area contributed by atoms with Gasteiger partial charge in [-0.05, 0) is 73.6 Å². The number of carbonyl (C=O) groups is 1. The number of nitrogens with zero attached hydrogens (tertiary/aromatic N) is 3. The molecule has 0 N–H and O–H groups in total. The van der Waals surface area contributed by atoms with E-state index >= 15 is 0 Å². The first-order valence-corrected chi connectivity index (χ1v) is 10.9. The number of aromatic nitrogens is 2. The molecule has 29 heavy (non-hydrogen) atoms. The quantitative estimate of drug-likeness (QED) is 0.690. The van der Waals surface area contributed by atoms with Gasteiger partial charge in [-0.25, -0.2) is 9.78 Å². The van der Waals surface area contributed by atoms with Crippen molar-refractivity contribution in [2.75, 3.05) is 13.1 Å². The Hall–Kier alpha value is -2.04. The van der Waals surface area contributed by atoms with Crippen molar-refractivity contribution in [3.8, 4) is 0 Å². The summed E-state index contributed by atoms with van der Waals surface area (Å²) in [5.74, 6) is 0. The first kappa shape index (κ1) is 20.2. The van der Waals surface area contributed by atoms with Gasteiger partial charge in [-0.2, -0.15) is 0 Å². The maximum atomic E-state index is 12.6. The van der Waals surface area contributed by atoms with E-state index in [0.29, 0.717) is 0 Å². The molecule has 1 aromatic carbocycles. The lowest BCUT2D eigenvalue weighted by Crippen LogP contribution is -2.45. The Kier molecular flexibility index (Phi) is 4.71. The van der Waals surface area contributed by atoms with Crippen LogP contribution in [0.4, 0.5) is 4.79 Å². The summed E-state index contributed by atoms with van der Waals surface area (Å²) >= 11 is 0. The third-order valence-corrected chi connectivity index (χ3v) is 6.66. The van der Waals surface area contributed by atoms with Gasteiger partial charge in [0.05, 0.1) is 23.9 Å². The van der Waals surface area contributed by atoms with Crippen LogP contribution in [-0.4, -0.2) is 39.2 Å². The van der Waals surface area contributed by atoms with Crippen molar-refractivity contribution >= 4 is 17.1 Å². The minimum atomic E-state index is -0.335. The van der Waals surface area contributed by atoms with Crippen LogP contribution in [0.1, 0.15) is 64.5 Å². The number of amides is 1. The molecule has 2 aliphatic rings. The third kappa shape index (κ3) is 4.01. The number of ether oxygens (including phenoxy) is 1. The van der Waals surface area contributed by atoms with E-state index in [4.69, 9.17) is 4.74 Å². The van der Waals surface area contributed by atoms with Gasteiger partial charge in [0.1, 0.15) is 5.60 Å². The van der Waals surface area contributed by atoms with Crippen LogP contribution in [0, 0.1) is 24.7 Å². The summed E-state index contributed by atoms with van der Waals surface area (Å²) in [4.78, 5) is 19.1.